The standard InChI is InChI=1S/C13H18N2O4S2/c1-20(18)9-4-3-5-10(21(2)19)13(9)8(6-11(14)16)7-12(15)17/h3-5,8H,6-7H2,1-2H3,(H2,14,16)(H2,15,17). The summed E-state index contributed by atoms with van der Waals surface area (Å²) in [6.45, 7) is 0. The van der Waals surface area contributed by atoms with Crippen molar-refractivity contribution in [3.05, 3.63) is 23.8 Å². The van der Waals surface area contributed by atoms with E-state index in [1.807, 2.05) is 0 Å². The molecule has 1 rings (SSSR count). The first kappa shape index (κ1) is 17.8. The van der Waals surface area contributed by atoms with Gasteiger partial charge in [-0.05, 0) is 34.5 Å². The molecule has 1 aromatic carbocycles. The predicted octanol–water partition coefficient (Wildman–Crippen LogP) is -0.00420. The topological polar surface area (TPSA) is 132 Å². The Morgan fingerprint density at radius 2 is 1.43 bits per heavy atom. The van der Waals surface area contributed by atoms with Crippen LogP contribution in [0.5, 0.6) is 0 Å². The normalized spacial score (nSPS) is 14.0. The van der Waals surface area contributed by atoms with E-state index in [-0.39, 0.29) is 12.8 Å². The molecule has 2 unspecified atom stereocenters. The van der Waals surface area contributed by atoms with Crippen molar-refractivity contribution in [1.82, 2.24) is 0 Å². The maximum Gasteiger partial charge on any atom is 0.218 e. The molecule has 0 fully saturated rings. The minimum atomic E-state index is -1.36. The average Bonchev–Trinajstić information content (AvgIpc) is 2.35. The Kier molecular flexibility index (Phi) is 6.53. The van der Waals surface area contributed by atoms with E-state index in [0.29, 0.717) is 15.4 Å². The zero-order chi connectivity index (χ0) is 16.2. The van der Waals surface area contributed by atoms with Crippen LogP contribution in [-0.2, 0) is 31.9 Å². The zero-order valence-electron chi connectivity index (χ0n) is 11.8. The van der Waals surface area contributed by atoms with Crippen molar-refractivity contribution in [1.29, 1.82) is 0 Å². The van der Waals surface area contributed by atoms with Crippen LogP contribution in [0.1, 0.15) is 24.3 Å². The maximum atomic E-state index is 11.9. The largest absolute Gasteiger partial charge is 0.612 e. The first-order chi connectivity index (χ1) is 9.73. The van der Waals surface area contributed by atoms with E-state index in [2.05, 4.69) is 0 Å². The number of carbonyl (C=O) groups excluding carboxylic acids is 2. The molecule has 0 radical (unpaired) electrons. The number of hydrogen-bond donors (Lipinski definition) is 2. The Hall–Kier alpha value is -1.22. The molecule has 21 heavy (non-hydrogen) atoms. The Morgan fingerprint density at radius 1 is 1.05 bits per heavy atom. The van der Waals surface area contributed by atoms with Crippen LogP contribution in [0, 0.1) is 0 Å². The molecule has 0 saturated carbocycles. The highest BCUT2D eigenvalue weighted by atomic mass is 32.2. The number of rotatable bonds is 7. The highest BCUT2D eigenvalue weighted by Gasteiger charge is 2.30. The van der Waals surface area contributed by atoms with Crippen molar-refractivity contribution in [3.8, 4) is 0 Å². The molecule has 4 N–H and O–H groups in total. The van der Waals surface area contributed by atoms with Gasteiger partial charge >= 0.3 is 0 Å². The van der Waals surface area contributed by atoms with E-state index in [0.717, 1.165) is 0 Å². The van der Waals surface area contributed by atoms with E-state index in [1.54, 1.807) is 18.2 Å². The van der Waals surface area contributed by atoms with Crippen LogP contribution in [0.25, 0.3) is 0 Å². The van der Waals surface area contributed by atoms with Crippen LogP contribution in [0.15, 0.2) is 28.0 Å². The molecule has 2 amide bonds. The van der Waals surface area contributed by atoms with Gasteiger partial charge in [0.1, 0.15) is 12.5 Å². The molecular weight excluding hydrogens is 312 g/mol. The molecule has 6 nitrogen and oxygen atoms in total. The molecule has 0 spiro atoms. The molecule has 0 saturated heterocycles. The number of carbonyl (C=O) groups is 2. The molecule has 0 aliphatic heterocycles. The van der Waals surface area contributed by atoms with E-state index in [4.69, 9.17) is 11.5 Å². The molecule has 8 heteroatoms. The second-order valence-corrected chi connectivity index (χ2v) is 7.31. The summed E-state index contributed by atoms with van der Waals surface area (Å²) in [7, 11) is 0. The fraction of sp³-hybridized carbons (Fsp3) is 0.385. The summed E-state index contributed by atoms with van der Waals surface area (Å²) in [4.78, 5) is 23.4. The third kappa shape index (κ3) is 4.92. The van der Waals surface area contributed by atoms with Crippen LogP contribution in [0.4, 0.5) is 0 Å². The Bertz CT molecular complexity index is 493. The van der Waals surface area contributed by atoms with Gasteiger partial charge in [-0.25, -0.2) is 0 Å². The quantitative estimate of drug-likeness (QED) is 0.681. The Balaban J connectivity index is 3.44. The van der Waals surface area contributed by atoms with Gasteiger partial charge in [0.25, 0.3) is 0 Å². The first-order valence-electron chi connectivity index (χ1n) is 6.10. The third-order valence-corrected chi connectivity index (χ3v) is 4.90. The first-order valence-corrected chi connectivity index (χ1v) is 9.22. The number of hydrogen-bond acceptors (Lipinski definition) is 4. The fourth-order valence-corrected chi connectivity index (χ4v) is 3.97. The van der Waals surface area contributed by atoms with Gasteiger partial charge in [-0.1, -0.05) is 6.07 Å². The highest BCUT2D eigenvalue weighted by molar-refractivity contribution is 7.91. The number of amides is 2. The lowest BCUT2D eigenvalue weighted by Crippen LogP contribution is -2.23. The summed E-state index contributed by atoms with van der Waals surface area (Å²) in [6.07, 6.45) is 2.71. The van der Waals surface area contributed by atoms with E-state index < -0.39 is 40.1 Å². The van der Waals surface area contributed by atoms with Crippen LogP contribution < -0.4 is 11.5 Å². The van der Waals surface area contributed by atoms with Crippen molar-refractivity contribution in [3.63, 3.8) is 0 Å². The van der Waals surface area contributed by atoms with Gasteiger partial charge in [-0.2, -0.15) is 0 Å². The third-order valence-electron chi connectivity index (χ3n) is 2.95. The van der Waals surface area contributed by atoms with E-state index >= 15 is 0 Å². The van der Waals surface area contributed by atoms with Crippen molar-refractivity contribution < 1.29 is 18.7 Å². The van der Waals surface area contributed by atoms with Crippen LogP contribution in [0.2, 0.25) is 0 Å². The van der Waals surface area contributed by atoms with Crippen molar-refractivity contribution in [2.45, 2.75) is 28.6 Å². The van der Waals surface area contributed by atoms with Gasteiger partial charge in [0.05, 0.1) is 5.56 Å². The second-order valence-electron chi connectivity index (χ2n) is 4.61. The molecule has 1 aromatic rings. The maximum absolute atomic E-state index is 11.9. The molecular formula is C13H18N2O4S2. The van der Waals surface area contributed by atoms with Gasteiger partial charge < -0.3 is 20.6 Å². The van der Waals surface area contributed by atoms with Crippen LogP contribution in [-0.4, -0.2) is 33.4 Å². The Labute approximate surface area is 129 Å². The average molecular weight is 330 g/mol. The van der Waals surface area contributed by atoms with Gasteiger partial charge in [-0.15, -0.1) is 0 Å². The van der Waals surface area contributed by atoms with Crippen LogP contribution >= 0.6 is 0 Å². The molecule has 0 bridgehead atoms. The summed E-state index contributed by atoms with van der Waals surface area (Å²) in [6, 6.07) is 4.89. The fourth-order valence-electron chi connectivity index (χ4n) is 2.19. The lowest BCUT2D eigenvalue weighted by Gasteiger charge is -2.21. The van der Waals surface area contributed by atoms with Crippen molar-refractivity contribution >= 4 is 34.2 Å². The number of nitrogens with two attached hydrogens (primary N) is 2. The number of primary amides is 2. The van der Waals surface area contributed by atoms with E-state index in [9.17, 15) is 18.7 Å². The summed E-state index contributed by atoms with van der Waals surface area (Å²) < 4.78 is 23.8. The lowest BCUT2D eigenvalue weighted by molar-refractivity contribution is -0.119. The lowest BCUT2D eigenvalue weighted by atomic mass is 9.91. The monoisotopic (exact) mass is 330 g/mol. The second kappa shape index (κ2) is 7.69. The molecule has 0 heterocycles. The van der Waals surface area contributed by atoms with E-state index in [1.165, 1.54) is 12.5 Å². The van der Waals surface area contributed by atoms with Gasteiger partial charge in [-0.3, -0.25) is 9.59 Å². The van der Waals surface area contributed by atoms with Gasteiger partial charge in [0.2, 0.25) is 11.8 Å². The predicted molar refractivity (Wildman–Crippen MR) is 81.5 cm³/mol. The smallest absolute Gasteiger partial charge is 0.218 e. The van der Waals surface area contributed by atoms with Crippen LogP contribution in [0.3, 0.4) is 0 Å². The highest BCUT2D eigenvalue weighted by Crippen LogP contribution is 2.34. The number of benzene rings is 1. The zero-order valence-corrected chi connectivity index (χ0v) is 13.5. The van der Waals surface area contributed by atoms with Gasteiger partial charge in [0.15, 0.2) is 9.79 Å². The Morgan fingerprint density at radius 3 is 1.71 bits per heavy atom. The summed E-state index contributed by atoms with van der Waals surface area (Å²) in [5.41, 5.74) is 10.9. The summed E-state index contributed by atoms with van der Waals surface area (Å²) >= 11 is -2.71. The summed E-state index contributed by atoms with van der Waals surface area (Å²) in [5.74, 6) is -1.84. The van der Waals surface area contributed by atoms with Gasteiger partial charge in [0, 0.05) is 18.8 Å². The van der Waals surface area contributed by atoms with Crippen molar-refractivity contribution in [2.24, 2.45) is 11.5 Å². The molecule has 2 atom stereocenters. The molecule has 116 valence electrons. The molecule has 0 aliphatic rings. The molecule has 0 aliphatic carbocycles. The molecule has 0 aromatic heterocycles. The van der Waals surface area contributed by atoms with Crippen molar-refractivity contribution in [2.75, 3.05) is 12.5 Å². The summed E-state index contributed by atoms with van der Waals surface area (Å²) in [5, 5.41) is 0. The minimum Gasteiger partial charge on any atom is -0.612 e. The minimum absolute atomic E-state index is 0.124. The SMILES string of the molecule is C[S+]([O-])c1cccc([S+](C)[O-])c1C(CC(N)=O)CC(N)=O.